The van der Waals surface area contributed by atoms with Crippen molar-refractivity contribution in [1.29, 1.82) is 0 Å². The van der Waals surface area contributed by atoms with Crippen LogP contribution < -0.4 is 5.32 Å². The van der Waals surface area contributed by atoms with Crippen LogP contribution in [0, 0.1) is 0 Å². The number of carbonyl (C=O) groups is 1. The van der Waals surface area contributed by atoms with E-state index in [4.69, 9.17) is 0 Å². The van der Waals surface area contributed by atoms with Gasteiger partial charge in [0.05, 0.1) is 0 Å². The van der Waals surface area contributed by atoms with E-state index in [0.717, 1.165) is 44.5 Å². The first kappa shape index (κ1) is 15.1. The van der Waals surface area contributed by atoms with Gasteiger partial charge in [-0.3, -0.25) is 9.78 Å². The van der Waals surface area contributed by atoms with Crippen molar-refractivity contribution >= 4 is 11.7 Å². The Bertz CT molecular complexity index is 733. The van der Waals surface area contributed by atoms with Crippen molar-refractivity contribution < 1.29 is 4.79 Å². The molecule has 0 bridgehead atoms. The Morgan fingerprint density at radius 2 is 2.12 bits per heavy atom. The third-order valence-electron chi connectivity index (χ3n) is 4.81. The number of rotatable bonds is 3. The number of fused-ring (bicyclic) bond motifs is 1. The predicted octanol–water partition coefficient (Wildman–Crippen LogP) is 2.08. The number of nitrogens with zero attached hydrogens (tertiary/aromatic N) is 4. The molecule has 1 fully saturated rings. The van der Waals surface area contributed by atoms with Crippen LogP contribution in [0.5, 0.6) is 0 Å². The number of hydrogen-bond acceptors (Lipinski definition) is 5. The van der Waals surface area contributed by atoms with Crippen LogP contribution in [0.3, 0.4) is 0 Å². The van der Waals surface area contributed by atoms with Crippen LogP contribution in [0.1, 0.15) is 41.0 Å². The van der Waals surface area contributed by atoms with Gasteiger partial charge in [-0.05, 0) is 44.2 Å². The maximum Gasteiger partial charge on any atom is 0.272 e. The quantitative estimate of drug-likeness (QED) is 0.936. The SMILES string of the molecule is O=C(c1ccccn1)N1CCCC(Nc2ncnc3c2CCC3)C1. The third kappa shape index (κ3) is 2.96. The Labute approximate surface area is 141 Å². The van der Waals surface area contributed by atoms with E-state index in [9.17, 15) is 4.79 Å². The number of anilines is 1. The topological polar surface area (TPSA) is 71.0 Å². The van der Waals surface area contributed by atoms with E-state index >= 15 is 0 Å². The monoisotopic (exact) mass is 323 g/mol. The van der Waals surface area contributed by atoms with Crippen LogP contribution in [0.15, 0.2) is 30.7 Å². The Balaban J connectivity index is 1.46. The Morgan fingerprint density at radius 3 is 3.00 bits per heavy atom. The van der Waals surface area contributed by atoms with E-state index in [1.165, 1.54) is 11.3 Å². The molecule has 0 aromatic carbocycles. The first-order valence-electron chi connectivity index (χ1n) is 8.61. The predicted molar refractivity (Wildman–Crippen MR) is 90.8 cm³/mol. The fourth-order valence-corrected chi connectivity index (χ4v) is 3.61. The number of aryl methyl sites for hydroxylation is 1. The van der Waals surface area contributed by atoms with Gasteiger partial charge in [-0.25, -0.2) is 9.97 Å². The highest BCUT2D eigenvalue weighted by atomic mass is 16.2. The summed E-state index contributed by atoms with van der Waals surface area (Å²) in [6.07, 6.45) is 8.58. The van der Waals surface area contributed by atoms with Gasteiger partial charge >= 0.3 is 0 Å². The maximum absolute atomic E-state index is 12.6. The molecule has 1 aliphatic heterocycles. The van der Waals surface area contributed by atoms with Gasteiger partial charge in [0.15, 0.2) is 0 Å². The average molecular weight is 323 g/mol. The molecule has 2 aliphatic rings. The molecule has 6 heteroatoms. The van der Waals surface area contributed by atoms with Gasteiger partial charge in [0, 0.05) is 36.6 Å². The highest BCUT2D eigenvalue weighted by Gasteiger charge is 2.26. The number of hydrogen-bond donors (Lipinski definition) is 1. The van der Waals surface area contributed by atoms with Gasteiger partial charge in [-0.1, -0.05) is 6.07 Å². The van der Waals surface area contributed by atoms with Gasteiger partial charge in [-0.2, -0.15) is 0 Å². The molecule has 0 radical (unpaired) electrons. The van der Waals surface area contributed by atoms with Crippen molar-refractivity contribution in [3.63, 3.8) is 0 Å². The molecule has 1 atom stereocenters. The molecule has 1 N–H and O–H groups in total. The number of likely N-dealkylation sites (tertiary alicyclic amines) is 1. The maximum atomic E-state index is 12.6. The van der Waals surface area contributed by atoms with E-state index in [-0.39, 0.29) is 11.9 Å². The number of carbonyl (C=O) groups excluding carboxylic acids is 1. The molecule has 0 saturated carbocycles. The minimum Gasteiger partial charge on any atom is -0.365 e. The lowest BCUT2D eigenvalue weighted by molar-refractivity contribution is 0.0708. The molecular weight excluding hydrogens is 302 g/mol. The molecule has 4 rings (SSSR count). The lowest BCUT2D eigenvalue weighted by atomic mass is 10.0. The first-order valence-corrected chi connectivity index (χ1v) is 8.61. The van der Waals surface area contributed by atoms with Crippen LogP contribution >= 0.6 is 0 Å². The van der Waals surface area contributed by atoms with Crippen molar-refractivity contribution in [3.8, 4) is 0 Å². The smallest absolute Gasteiger partial charge is 0.272 e. The van der Waals surface area contributed by atoms with Gasteiger partial charge in [0.2, 0.25) is 0 Å². The van der Waals surface area contributed by atoms with Crippen LogP contribution in [-0.2, 0) is 12.8 Å². The molecule has 124 valence electrons. The minimum atomic E-state index is 0.00927. The molecule has 0 spiro atoms. The standard InChI is InChI=1S/C18H21N5O/c24-18(16-7-1-2-9-19-16)23-10-4-5-13(11-23)22-17-14-6-3-8-15(14)20-12-21-17/h1-2,7,9,12-13H,3-6,8,10-11H2,(H,20,21,22). The summed E-state index contributed by atoms with van der Waals surface area (Å²) in [5.41, 5.74) is 2.94. The van der Waals surface area contributed by atoms with Gasteiger partial charge in [0.1, 0.15) is 17.8 Å². The summed E-state index contributed by atoms with van der Waals surface area (Å²) in [6.45, 7) is 1.48. The lowest BCUT2D eigenvalue weighted by Crippen LogP contribution is -2.45. The largest absolute Gasteiger partial charge is 0.365 e. The highest BCUT2D eigenvalue weighted by molar-refractivity contribution is 5.92. The number of amides is 1. The van der Waals surface area contributed by atoms with Crippen LogP contribution in [0.2, 0.25) is 0 Å². The minimum absolute atomic E-state index is 0.00927. The zero-order valence-corrected chi connectivity index (χ0v) is 13.6. The van der Waals surface area contributed by atoms with Crippen molar-refractivity contribution in [1.82, 2.24) is 19.9 Å². The lowest BCUT2D eigenvalue weighted by Gasteiger charge is -2.33. The summed E-state index contributed by atoms with van der Waals surface area (Å²) in [7, 11) is 0. The molecule has 24 heavy (non-hydrogen) atoms. The van der Waals surface area contributed by atoms with E-state index in [2.05, 4.69) is 20.3 Å². The number of piperidine rings is 1. The van der Waals surface area contributed by atoms with E-state index in [1.807, 2.05) is 17.0 Å². The molecular formula is C18H21N5O. The summed E-state index contributed by atoms with van der Waals surface area (Å²) < 4.78 is 0. The van der Waals surface area contributed by atoms with Crippen LogP contribution in [0.25, 0.3) is 0 Å². The second-order valence-corrected chi connectivity index (χ2v) is 6.45. The number of pyridine rings is 1. The Hall–Kier alpha value is -2.50. The van der Waals surface area contributed by atoms with E-state index in [0.29, 0.717) is 12.2 Å². The van der Waals surface area contributed by atoms with Crippen LogP contribution in [-0.4, -0.2) is 44.9 Å². The van der Waals surface area contributed by atoms with Gasteiger partial charge in [0.25, 0.3) is 5.91 Å². The molecule has 6 nitrogen and oxygen atoms in total. The molecule has 1 aliphatic carbocycles. The molecule has 1 amide bonds. The first-order chi connectivity index (χ1) is 11.8. The summed E-state index contributed by atoms with van der Waals surface area (Å²) in [5.74, 6) is 0.963. The highest BCUT2D eigenvalue weighted by Crippen LogP contribution is 2.26. The molecule has 3 heterocycles. The zero-order valence-electron chi connectivity index (χ0n) is 13.6. The van der Waals surface area contributed by atoms with E-state index in [1.54, 1.807) is 18.6 Å². The average Bonchev–Trinajstić information content (AvgIpc) is 3.12. The normalized spacial score (nSPS) is 19.8. The summed E-state index contributed by atoms with van der Waals surface area (Å²) >= 11 is 0. The van der Waals surface area contributed by atoms with Crippen molar-refractivity contribution in [2.24, 2.45) is 0 Å². The van der Waals surface area contributed by atoms with Gasteiger partial charge < -0.3 is 10.2 Å². The van der Waals surface area contributed by atoms with E-state index < -0.39 is 0 Å². The van der Waals surface area contributed by atoms with Crippen molar-refractivity contribution in [2.45, 2.75) is 38.1 Å². The summed E-state index contributed by atoms with van der Waals surface area (Å²) in [5, 5.41) is 3.55. The van der Waals surface area contributed by atoms with Crippen molar-refractivity contribution in [2.75, 3.05) is 18.4 Å². The zero-order chi connectivity index (χ0) is 16.4. The molecule has 2 aromatic heterocycles. The second kappa shape index (κ2) is 6.55. The molecule has 1 unspecified atom stereocenters. The number of nitrogens with one attached hydrogen (secondary N) is 1. The Morgan fingerprint density at radius 1 is 1.17 bits per heavy atom. The summed E-state index contributed by atoms with van der Waals surface area (Å²) in [6, 6.07) is 5.68. The molecule has 2 aromatic rings. The van der Waals surface area contributed by atoms with Crippen molar-refractivity contribution in [3.05, 3.63) is 47.7 Å². The number of aromatic nitrogens is 3. The van der Waals surface area contributed by atoms with Gasteiger partial charge in [-0.15, -0.1) is 0 Å². The fourth-order valence-electron chi connectivity index (χ4n) is 3.61. The molecule has 1 saturated heterocycles. The third-order valence-corrected chi connectivity index (χ3v) is 4.81. The second-order valence-electron chi connectivity index (χ2n) is 6.45. The summed E-state index contributed by atoms with van der Waals surface area (Å²) in [4.78, 5) is 27.5. The van der Waals surface area contributed by atoms with Crippen LogP contribution in [0.4, 0.5) is 5.82 Å². The fraction of sp³-hybridized carbons (Fsp3) is 0.444. The Kier molecular flexibility index (Phi) is 4.11.